The number of nitrogens with zero attached hydrogens (tertiary/aromatic N) is 3. The molecule has 0 spiro atoms. The van der Waals surface area contributed by atoms with Crippen LogP contribution >= 0.6 is 0 Å². The molecule has 0 radical (unpaired) electrons. The molecule has 0 bridgehead atoms. The summed E-state index contributed by atoms with van der Waals surface area (Å²) in [6, 6.07) is 0.663. The van der Waals surface area contributed by atoms with E-state index < -0.39 is 31.1 Å². The molecule has 0 atom stereocenters. The molecular weight excluding hydrogens is 244 g/mol. The molecular formula is C9H12N4O5. The molecule has 0 aliphatic carbocycles. The number of hydrogen-bond donors (Lipinski definition) is 3. The van der Waals surface area contributed by atoms with Crippen molar-refractivity contribution in [3.8, 4) is 0 Å². The first kappa shape index (κ1) is 13.5. The predicted octanol–water partition coefficient (Wildman–Crippen LogP) is -0.577. The van der Waals surface area contributed by atoms with Gasteiger partial charge >= 0.3 is 18.0 Å². The molecule has 9 heteroatoms. The van der Waals surface area contributed by atoms with Crippen molar-refractivity contribution in [2.45, 2.75) is 0 Å². The van der Waals surface area contributed by atoms with Crippen LogP contribution in [0.5, 0.6) is 0 Å². The van der Waals surface area contributed by atoms with Gasteiger partial charge in [0.2, 0.25) is 0 Å². The number of carboxylic acids is 2. The maximum absolute atomic E-state index is 11.6. The van der Waals surface area contributed by atoms with Gasteiger partial charge in [-0.2, -0.15) is 5.10 Å². The molecule has 1 rings (SSSR count). The van der Waals surface area contributed by atoms with E-state index in [-0.39, 0.29) is 5.82 Å². The van der Waals surface area contributed by atoms with Crippen molar-refractivity contribution in [3.05, 3.63) is 12.3 Å². The van der Waals surface area contributed by atoms with Gasteiger partial charge in [-0.25, -0.2) is 4.79 Å². The summed E-state index contributed by atoms with van der Waals surface area (Å²) in [5.74, 6) is -2.39. The minimum atomic E-state index is -1.30. The normalized spacial score (nSPS) is 9.83. The first-order valence-corrected chi connectivity index (χ1v) is 4.87. The molecule has 3 N–H and O–H groups in total. The number of carbonyl (C=O) groups excluding carboxylic acids is 1. The Kier molecular flexibility index (Phi) is 4.24. The van der Waals surface area contributed by atoms with Crippen LogP contribution in [0.4, 0.5) is 10.6 Å². The summed E-state index contributed by atoms with van der Waals surface area (Å²) in [6.45, 7) is -1.41. The van der Waals surface area contributed by atoms with Crippen LogP contribution in [0.2, 0.25) is 0 Å². The van der Waals surface area contributed by atoms with Crippen LogP contribution in [0.1, 0.15) is 0 Å². The largest absolute Gasteiger partial charge is 0.480 e. The lowest BCUT2D eigenvalue weighted by atomic mass is 10.5. The molecule has 18 heavy (non-hydrogen) atoms. The third kappa shape index (κ3) is 4.12. The number of carboxylic acid groups (broad SMARTS) is 2. The predicted molar refractivity (Wildman–Crippen MR) is 59.1 cm³/mol. The monoisotopic (exact) mass is 256 g/mol. The second kappa shape index (κ2) is 5.66. The van der Waals surface area contributed by atoms with Crippen molar-refractivity contribution >= 4 is 23.8 Å². The lowest BCUT2D eigenvalue weighted by Gasteiger charge is -2.18. The molecule has 2 amide bonds. The van der Waals surface area contributed by atoms with Crippen LogP contribution in [0.3, 0.4) is 0 Å². The van der Waals surface area contributed by atoms with E-state index in [1.165, 1.54) is 10.7 Å². The maximum atomic E-state index is 11.6. The number of amides is 2. The molecule has 0 aliphatic heterocycles. The van der Waals surface area contributed by atoms with Crippen molar-refractivity contribution in [1.29, 1.82) is 0 Å². The molecule has 0 saturated heterocycles. The van der Waals surface area contributed by atoms with Gasteiger partial charge in [-0.05, 0) is 0 Å². The van der Waals surface area contributed by atoms with Crippen LogP contribution in [-0.2, 0) is 16.6 Å². The molecule has 0 aromatic carbocycles. The van der Waals surface area contributed by atoms with Crippen molar-refractivity contribution in [2.24, 2.45) is 7.05 Å². The summed E-state index contributed by atoms with van der Waals surface area (Å²) in [5.41, 5.74) is 0. The molecule has 0 aliphatic rings. The Morgan fingerprint density at radius 2 is 1.89 bits per heavy atom. The van der Waals surface area contributed by atoms with E-state index in [4.69, 9.17) is 10.2 Å². The van der Waals surface area contributed by atoms with Crippen LogP contribution in [0.25, 0.3) is 0 Å². The zero-order valence-electron chi connectivity index (χ0n) is 9.53. The molecule has 1 aromatic rings. The molecule has 98 valence electrons. The summed E-state index contributed by atoms with van der Waals surface area (Å²) in [5, 5.41) is 23.3. The van der Waals surface area contributed by atoms with Gasteiger partial charge in [-0.15, -0.1) is 0 Å². The average molecular weight is 256 g/mol. The Labute approximate surface area is 102 Å². The van der Waals surface area contributed by atoms with Gasteiger partial charge in [0.15, 0.2) is 5.82 Å². The summed E-state index contributed by atoms with van der Waals surface area (Å²) in [6.07, 6.45) is 1.58. The lowest BCUT2D eigenvalue weighted by Crippen LogP contribution is -2.42. The van der Waals surface area contributed by atoms with Crippen LogP contribution in [0, 0.1) is 0 Å². The van der Waals surface area contributed by atoms with Crippen molar-refractivity contribution in [3.63, 3.8) is 0 Å². The number of hydrogen-bond acceptors (Lipinski definition) is 4. The van der Waals surface area contributed by atoms with E-state index in [1.54, 1.807) is 13.2 Å². The van der Waals surface area contributed by atoms with Crippen molar-refractivity contribution < 1.29 is 24.6 Å². The van der Waals surface area contributed by atoms with E-state index in [1.807, 2.05) is 0 Å². The van der Waals surface area contributed by atoms with E-state index in [0.717, 1.165) is 0 Å². The fourth-order valence-electron chi connectivity index (χ4n) is 1.20. The Balaban J connectivity index is 2.69. The van der Waals surface area contributed by atoms with Gasteiger partial charge in [0.25, 0.3) is 0 Å². The van der Waals surface area contributed by atoms with E-state index in [0.29, 0.717) is 4.90 Å². The SMILES string of the molecule is Cn1ccc(NC(=O)N(CC(=O)O)CC(=O)O)n1. The highest BCUT2D eigenvalue weighted by molar-refractivity contribution is 5.92. The Hall–Kier alpha value is -2.58. The number of rotatable bonds is 5. The third-order valence-electron chi connectivity index (χ3n) is 1.89. The maximum Gasteiger partial charge on any atom is 0.324 e. The Morgan fingerprint density at radius 1 is 1.33 bits per heavy atom. The molecule has 1 heterocycles. The van der Waals surface area contributed by atoms with Crippen LogP contribution < -0.4 is 5.32 Å². The van der Waals surface area contributed by atoms with Gasteiger partial charge in [-0.1, -0.05) is 0 Å². The fourth-order valence-corrected chi connectivity index (χ4v) is 1.20. The number of nitrogens with one attached hydrogen (secondary N) is 1. The standard InChI is InChI=1S/C9H12N4O5/c1-12-3-2-6(11-12)10-9(18)13(4-7(14)15)5-8(16)17/h2-3H,4-5H2,1H3,(H,14,15)(H,16,17)(H,10,11,18). The first-order valence-electron chi connectivity index (χ1n) is 4.87. The quantitative estimate of drug-likeness (QED) is 0.647. The topological polar surface area (TPSA) is 125 Å². The summed E-state index contributed by atoms with van der Waals surface area (Å²) >= 11 is 0. The van der Waals surface area contributed by atoms with Gasteiger partial charge < -0.3 is 15.1 Å². The van der Waals surface area contributed by atoms with E-state index >= 15 is 0 Å². The zero-order valence-corrected chi connectivity index (χ0v) is 9.53. The van der Waals surface area contributed by atoms with Gasteiger partial charge in [-0.3, -0.25) is 19.6 Å². The Morgan fingerprint density at radius 3 is 2.28 bits per heavy atom. The number of anilines is 1. The van der Waals surface area contributed by atoms with Gasteiger partial charge in [0, 0.05) is 19.3 Å². The minimum absolute atomic E-state index is 0.211. The second-order valence-corrected chi connectivity index (χ2v) is 3.45. The van der Waals surface area contributed by atoms with Crippen LogP contribution in [-0.4, -0.2) is 56.0 Å². The first-order chi connectivity index (χ1) is 8.38. The zero-order chi connectivity index (χ0) is 13.7. The van der Waals surface area contributed by atoms with Gasteiger partial charge in [0.05, 0.1) is 0 Å². The summed E-state index contributed by atoms with van der Waals surface area (Å²) in [4.78, 5) is 33.3. The molecule has 9 nitrogen and oxygen atoms in total. The van der Waals surface area contributed by atoms with E-state index in [9.17, 15) is 14.4 Å². The second-order valence-electron chi connectivity index (χ2n) is 3.45. The highest BCUT2D eigenvalue weighted by atomic mass is 16.4. The third-order valence-corrected chi connectivity index (χ3v) is 1.89. The number of aromatic nitrogens is 2. The smallest absolute Gasteiger partial charge is 0.324 e. The van der Waals surface area contributed by atoms with E-state index in [2.05, 4.69) is 10.4 Å². The highest BCUT2D eigenvalue weighted by Gasteiger charge is 2.20. The summed E-state index contributed by atoms with van der Waals surface area (Å²) in [7, 11) is 1.64. The molecule has 1 aromatic heterocycles. The van der Waals surface area contributed by atoms with Crippen molar-refractivity contribution in [2.75, 3.05) is 18.4 Å². The number of aliphatic carboxylic acids is 2. The average Bonchev–Trinajstić information content (AvgIpc) is 2.61. The highest BCUT2D eigenvalue weighted by Crippen LogP contribution is 2.03. The number of urea groups is 1. The molecule has 0 fully saturated rings. The molecule has 0 saturated carbocycles. The van der Waals surface area contributed by atoms with Crippen molar-refractivity contribution in [1.82, 2.24) is 14.7 Å². The van der Waals surface area contributed by atoms with Gasteiger partial charge in [0.1, 0.15) is 13.1 Å². The number of carbonyl (C=O) groups is 3. The number of aryl methyl sites for hydroxylation is 1. The minimum Gasteiger partial charge on any atom is -0.480 e. The Bertz CT molecular complexity index is 453. The lowest BCUT2D eigenvalue weighted by molar-refractivity contribution is -0.140. The molecule has 0 unspecified atom stereocenters. The summed E-state index contributed by atoms with van der Waals surface area (Å²) < 4.78 is 1.44. The van der Waals surface area contributed by atoms with Crippen LogP contribution in [0.15, 0.2) is 12.3 Å². The fraction of sp³-hybridized carbons (Fsp3) is 0.333.